The molecule has 1 aliphatic rings. The quantitative estimate of drug-likeness (QED) is 0.887. The lowest BCUT2D eigenvalue weighted by Gasteiger charge is -2.35. The van der Waals surface area contributed by atoms with Crippen LogP contribution in [-0.2, 0) is 7.05 Å². The summed E-state index contributed by atoms with van der Waals surface area (Å²) in [5.74, 6) is 0.569. The van der Waals surface area contributed by atoms with Gasteiger partial charge in [-0.15, -0.1) is 0 Å². The molecular formula is C15H26N4O. The van der Waals surface area contributed by atoms with E-state index in [-0.39, 0.29) is 5.56 Å². The minimum absolute atomic E-state index is 0.0127. The second kappa shape index (κ2) is 6.88. The van der Waals surface area contributed by atoms with Gasteiger partial charge in [-0.3, -0.25) is 4.79 Å². The average molecular weight is 278 g/mol. The van der Waals surface area contributed by atoms with Gasteiger partial charge in [-0.2, -0.15) is 0 Å². The third kappa shape index (κ3) is 3.39. The highest BCUT2D eigenvalue weighted by atomic mass is 16.1. The lowest BCUT2D eigenvalue weighted by Crippen LogP contribution is -2.43. The standard InChI is InChI=1S/C15H26N4O/c1-4-9-16-12-5-7-13(8-6-12)19(3)14-15(20)18(2)11-10-17-14/h10-13,16H,4-9H2,1-3H3. The van der Waals surface area contributed by atoms with Gasteiger partial charge in [0.05, 0.1) is 0 Å². The van der Waals surface area contributed by atoms with E-state index in [1.807, 2.05) is 7.05 Å². The highest BCUT2D eigenvalue weighted by molar-refractivity contribution is 5.36. The highest BCUT2D eigenvalue weighted by Gasteiger charge is 2.25. The maximum Gasteiger partial charge on any atom is 0.293 e. The lowest BCUT2D eigenvalue weighted by atomic mass is 9.90. The summed E-state index contributed by atoms with van der Waals surface area (Å²) in [6, 6.07) is 1.07. The molecule has 0 aromatic carbocycles. The molecule has 0 unspecified atom stereocenters. The van der Waals surface area contributed by atoms with Gasteiger partial charge in [0.2, 0.25) is 0 Å². The summed E-state index contributed by atoms with van der Waals surface area (Å²) < 4.78 is 1.59. The normalized spacial score (nSPS) is 22.8. The summed E-state index contributed by atoms with van der Waals surface area (Å²) in [6.45, 7) is 3.30. The van der Waals surface area contributed by atoms with Crippen LogP contribution in [0.3, 0.4) is 0 Å². The molecule has 1 aromatic rings. The van der Waals surface area contributed by atoms with Gasteiger partial charge in [0.15, 0.2) is 5.82 Å². The first-order chi connectivity index (χ1) is 9.63. The van der Waals surface area contributed by atoms with Crippen molar-refractivity contribution in [3.05, 3.63) is 22.7 Å². The van der Waals surface area contributed by atoms with Gasteiger partial charge in [-0.25, -0.2) is 4.98 Å². The van der Waals surface area contributed by atoms with Crippen LogP contribution in [-0.4, -0.2) is 35.2 Å². The predicted molar refractivity (Wildman–Crippen MR) is 82.2 cm³/mol. The maximum atomic E-state index is 12.1. The molecule has 5 heteroatoms. The van der Waals surface area contributed by atoms with E-state index in [1.165, 1.54) is 19.3 Å². The van der Waals surface area contributed by atoms with Crippen molar-refractivity contribution in [2.24, 2.45) is 7.05 Å². The molecule has 0 saturated heterocycles. The smallest absolute Gasteiger partial charge is 0.293 e. The van der Waals surface area contributed by atoms with Crippen molar-refractivity contribution in [1.29, 1.82) is 0 Å². The van der Waals surface area contributed by atoms with E-state index in [0.29, 0.717) is 17.9 Å². The van der Waals surface area contributed by atoms with Crippen LogP contribution >= 0.6 is 0 Å². The van der Waals surface area contributed by atoms with E-state index >= 15 is 0 Å². The first kappa shape index (κ1) is 15.0. The number of aryl methyl sites for hydroxylation is 1. The summed E-state index contributed by atoms with van der Waals surface area (Å²) in [6.07, 6.45) is 9.19. The second-order valence-electron chi connectivity index (χ2n) is 5.74. The number of rotatable bonds is 5. The SMILES string of the molecule is CCCNC1CCC(N(C)c2nccn(C)c2=O)CC1. The third-order valence-electron chi connectivity index (χ3n) is 4.26. The van der Waals surface area contributed by atoms with E-state index in [1.54, 1.807) is 24.0 Å². The lowest BCUT2D eigenvalue weighted by molar-refractivity contribution is 0.336. The van der Waals surface area contributed by atoms with E-state index in [2.05, 4.69) is 22.1 Å². The minimum atomic E-state index is -0.0127. The van der Waals surface area contributed by atoms with Crippen LogP contribution in [0.15, 0.2) is 17.2 Å². The van der Waals surface area contributed by atoms with Crippen LogP contribution in [0.2, 0.25) is 0 Å². The zero-order chi connectivity index (χ0) is 14.5. The summed E-state index contributed by atoms with van der Waals surface area (Å²) >= 11 is 0. The molecule has 1 N–H and O–H groups in total. The molecule has 0 radical (unpaired) electrons. The Balaban J connectivity index is 1.96. The van der Waals surface area contributed by atoms with Gasteiger partial charge in [0, 0.05) is 38.6 Å². The van der Waals surface area contributed by atoms with Crippen molar-refractivity contribution in [3.63, 3.8) is 0 Å². The molecule has 1 saturated carbocycles. The van der Waals surface area contributed by atoms with E-state index in [9.17, 15) is 4.79 Å². The van der Waals surface area contributed by atoms with Crippen LogP contribution in [0.25, 0.3) is 0 Å². The first-order valence-corrected chi connectivity index (χ1v) is 7.61. The van der Waals surface area contributed by atoms with E-state index in [0.717, 1.165) is 19.4 Å². The Hall–Kier alpha value is -1.36. The van der Waals surface area contributed by atoms with Gasteiger partial charge >= 0.3 is 0 Å². The largest absolute Gasteiger partial charge is 0.352 e. The van der Waals surface area contributed by atoms with E-state index in [4.69, 9.17) is 0 Å². The summed E-state index contributed by atoms with van der Waals surface area (Å²) in [5, 5.41) is 3.59. The molecule has 0 aliphatic heterocycles. The van der Waals surface area contributed by atoms with Crippen molar-refractivity contribution < 1.29 is 0 Å². The predicted octanol–water partition coefficient (Wildman–Crippen LogP) is 1.53. The van der Waals surface area contributed by atoms with Crippen LogP contribution in [0, 0.1) is 0 Å². The van der Waals surface area contributed by atoms with Gasteiger partial charge in [-0.1, -0.05) is 6.92 Å². The molecule has 20 heavy (non-hydrogen) atoms. The second-order valence-corrected chi connectivity index (χ2v) is 5.74. The van der Waals surface area contributed by atoms with Crippen LogP contribution in [0.5, 0.6) is 0 Å². The Morgan fingerprint density at radius 3 is 2.75 bits per heavy atom. The minimum Gasteiger partial charge on any atom is -0.352 e. The fourth-order valence-corrected chi connectivity index (χ4v) is 2.92. The molecule has 1 fully saturated rings. The molecule has 0 amide bonds. The molecule has 0 spiro atoms. The summed E-state index contributed by atoms with van der Waals surface area (Å²) in [7, 11) is 3.77. The number of anilines is 1. The summed E-state index contributed by atoms with van der Waals surface area (Å²) in [5.41, 5.74) is -0.0127. The van der Waals surface area contributed by atoms with Crippen LogP contribution in [0.4, 0.5) is 5.82 Å². The van der Waals surface area contributed by atoms with Crippen molar-refractivity contribution in [2.45, 2.75) is 51.1 Å². The molecular weight excluding hydrogens is 252 g/mol. The molecule has 0 atom stereocenters. The van der Waals surface area contributed by atoms with Crippen LogP contribution in [0.1, 0.15) is 39.0 Å². The Bertz CT molecular complexity index is 477. The number of aromatic nitrogens is 2. The number of hydrogen-bond donors (Lipinski definition) is 1. The van der Waals surface area contributed by atoms with Gasteiger partial charge < -0.3 is 14.8 Å². The number of nitrogens with one attached hydrogen (secondary N) is 1. The Morgan fingerprint density at radius 1 is 1.40 bits per heavy atom. The summed E-state index contributed by atoms with van der Waals surface area (Å²) in [4.78, 5) is 18.4. The Morgan fingerprint density at radius 2 is 2.10 bits per heavy atom. The van der Waals surface area contributed by atoms with Gasteiger partial charge in [0.1, 0.15) is 0 Å². The first-order valence-electron chi connectivity index (χ1n) is 7.61. The molecule has 1 aliphatic carbocycles. The molecule has 5 nitrogen and oxygen atoms in total. The fraction of sp³-hybridized carbons (Fsp3) is 0.733. The fourth-order valence-electron chi connectivity index (χ4n) is 2.92. The Labute approximate surface area is 121 Å². The van der Waals surface area contributed by atoms with E-state index < -0.39 is 0 Å². The molecule has 0 bridgehead atoms. The highest BCUT2D eigenvalue weighted by Crippen LogP contribution is 2.24. The topological polar surface area (TPSA) is 50.2 Å². The number of hydrogen-bond acceptors (Lipinski definition) is 4. The van der Waals surface area contributed by atoms with Crippen LogP contribution < -0.4 is 15.8 Å². The Kier molecular flexibility index (Phi) is 5.17. The van der Waals surface area contributed by atoms with Crippen molar-refractivity contribution >= 4 is 5.82 Å². The third-order valence-corrected chi connectivity index (χ3v) is 4.26. The zero-order valence-corrected chi connectivity index (χ0v) is 12.8. The van der Waals surface area contributed by atoms with Crippen molar-refractivity contribution in [3.8, 4) is 0 Å². The van der Waals surface area contributed by atoms with Crippen molar-refractivity contribution in [2.75, 3.05) is 18.5 Å². The van der Waals surface area contributed by atoms with Gasteiger partial charge in [0.25, 0.3) is 5.56 Å². The molecule has 1 aromatic heterocycles. The molecule has 112 valence electrons. The monoisotopic (exact) mass is 278 g/mol. The van der Waals surface area contributed by atoms with Gasteiger partial charge in [-0.05, 0) is 38.6 Å². The number of nitrogens with zero attached hydrogens (tertiary/aromatic N) is 3. The zero-order valence-electron chi connectivity index (χ0n) is 12.8. The molecule has 1 heterocycles. The molecule has 2 rings (SSSR count). The maximum absolute atomic E-state index is 12.1. The van der Waals surface area contributed by atoms with Crippen molar-refractivity contribution in [1.82, 2.24) is 14.9 Å². The average Bonchev–Trinajstić information content (AvgIpc) is 2.48.